The average molecular weight is 272 g/mol. The molecule has 0 saturated carbocycles. The Kier molecular flexibility index (Phi) is 4.40. The predicted octanol–water partition coefficient (Wildman–Crippen LogP) is 3.68. The van der Waals surface area contributed by atoms with Crippen LogP contribution in [0.5, 0.6) is 0 Å². The van der Waals surface area contributed by atoms with Gasteiger partial charge < -0.3 is 4.57 Å². The number of aromatic nitrogens is 4. The highest BCUT2D eigenvalue weighted by atomic mass is 19.1. The molecular weight excluding hydrogens is 255 g/mol. The Morgan fingerprint density at radius 3 is 2.50 bits per heavy atom. The van der Waals surface area contributed by atoms with Crippen molar-refractivity contribution >= 4 is 11.2 Å². The van der Waals surface area contributed by atoms with E-state index in [2.05, 4.69) is 15.2 Å². The van der Waals surface area contributed by atoms with Gasteiger partial charge in [0.1, 0.15) is 11.3 Å². The second kappa shape index (κ2) is 6.23. The Labute approximate surface area is 117 Å². The van der Waals surface area contributed by atoms with Gasteiger partial charge in [-0.3, -0.25) is 0 Å². The minimum Gasteiger partial charge on any atom is -0.314 e. The number of imidazole rings is 1. The number of benzene rings is 1. The van der Waals surface area contributed by atoms with Crippen LogP contribution in [0, 0.1) is 5.82 Å². The number of halogens is 1. The minimum atomic E-state index is -0.254. The predicted molar refractivity (Wildman–Crippen MR) is 77.7 cm³/mol. The number of fused-ring (bicyclic) bond motifs is 1. The first-order chi connectivity index (χ1) is 9.79. The lowest BCUT2D eigenvalue weighted by molar-refractivity contribution is 0.628. The maximum atomic E-state index is 12.9. The maximum absolute atomic E-state index is 12.9. The quantitative estimate of drug-likeness (QED) is 0.714. The number of rotatable bonds is 2. The highest BCUT2D eigenvalue weighted by Crippen LogP contribution is 2.25. The summed E-state index contributed by atoms with van der Waals surface area (Å²) in [5.41, 5.74) is 3.29. The van der Waals surface area contributed by atoms with Crippen molar-refractivity contribution in [3.63, 3.8) is 0 Å². The van der Waals surface area contributed by atoms with E-state index in [9.17, 15) is 4.39 Å². The van der Waals surface area contributed by atoms with E-state index in [4.69, 9.17) is 0 Å². The number of hydrogen-bond donors (Lipinski definition) is 0. The van der Waals surface area contributed by atoms with Crippen molar-refractivity contribution in [3.05, 3.63) is 42.6 Å². The molecule has 0 fully saturated rings. The van der Waals surface area contributed by atoms with E-state index in [1.54, 1.807) is 24.7 Å². The fourth-order valence-electron chi connectivity index (χ4n) is 1.95. The van der Waals surface area contributed by atoms with Crippen LogP contribution in [0.2, 0.25) is 0 Å². The van der Waals surface area contributed by atoms with Crippen molar-refractivity contribution in [3.8, 4) is 11.1 Å². The van der Waals surface area contributed by atoms with Crippen molar-refractivity contribution in [1.82, 2.24) is 19.7 Å². The minimum absolute atomic E-state index is 0.254. The molecular formula is C15H17FN4. The summed E-state index contributed by atoms with van der Waals surface area (Å²) in [5.74, 6) is -0.254. The van der Waals surface area contributed by atoms with Crippen molar-refractivity contribution in [2.75, 3.05) is 0 Å². The lowest BCUT2D eigenvalue weighted by atomic mass is 10.1. The summed E-state index contributed by atoms with van der Waals surface area (Å²) in [4.78, 5) is 4.35. The number of aryl methyl sites for hydroxylation is 1. The van der Waals surface area contributed by atoms with Gasteiger partial charge in [0.05, 0.1) is 12.5 Å². The van der Waals surface area contributed by atoms with Gasteiger partial charge in [0.15, 0.2) is 5.65 Å². The molecule has 3 aromatic rings. The summed E-state index contributed by atoms with van der Waals surface area (Å²) in [5, 5.41) is 8.08. The SMILES string of the molecule is CC.CCn1cnc2c(-c3ccc(F)cc3)cnnc21. The monoisotopic (exact) mass is 272 g/mol. The van der Waals surface area contributed by atoms with Gasteiger partial charge in [-0.2, -0.15) is 5.10 Å². The van der Waals surface area contributed by atoms with Crippen LogP contribution in [0.1, 0.15) is 20.8 Å². The first-order valence-electron chi connectivity index (χ1n) is 6.72. The topological polar surface area (TPSA) is 43.6 Å². The van der Waals surface area contributed by atoms with Crippen molar-refractivity contribution in [2.24, 2.45) is 0 Å². The standard InChI is InChI=1S/C13H11FN4.C2H6/c1-2-18-8-15-12-11(7-16-17-13(12)18)9-3-5-10(14)6-4-9;1-2/h3-8H,2H2,1H3;1-2H3. The Morgan fingerprint density at radius 2 is 1.85 bits per heavy atom. The van der Waals surface area contributed by atoms with E-state index in [1.165, 1.54) is 12.1 Å². The molecule has 0 unspecified atom stereocenters. The molecule has 1 aromatic carbocycles. The van der Waals surface area contributed by atoms with E-state index in [0.29, 0.717) is 0 Å². The average Bonchev–Trinajstić information content (AvgIpc) is 2.93. The Hall–Kier alpha value is -2.30. The molecule has 0 radical (unpaired) electrons. The van der Waals surface area contributed by atoms with Crippen LogP contribution >= 0.6 is 0 Å². The van der Waals surface area contributed by atoms with Gasteiger partial charge >= 0.3 is 0 Å². The van der Waals surface area contributed by atoms with E-state index >= 15 is 0 Å². The van der Waals surface area contributed by atoms with Crippen molar-refractivity contribution in [2.45, 2.75) is 27.3 Å². The Morgan fingerprint density at radius 1 is 1.15 bits per heavy atom. The normalized spacial score (nSPS) is 10.2. The molecule has 2 aromatic heterocycles. The molecule has 2 heterocycles. The molecule has 0 saturated heterocycles. The first-order valence-corrected chi connectivity index (χ1v) is 6.72. The maximum Gasteiger partial charge on any atom is 0.183 e. The zero-order chi connectivity index (χ0) is 14.5. The van der Waals surface area contributed by atoms with Crippen LogP contribution in [0.25, 0.3) is 22.3 Å². The summed E-state index contributed by atoms with van der Waals surface area (Å²) in [6, 6.07) is 6.30. The van der Waals surface area contributed by atoms with Gasteiger partial charge in [-0.25, -0.2) is 9.37 Å². The van der Waals surface area contributed by atoms with Gasteiger partial charge in [0, 0.05) is 12.1 Å². The van der Waals surface area contributed by atoms with E-state index in [0.717, 1.165) is 28.8 Å². The van der Waals surface area contributed by atoms with E-state index in [1.807, 2.05) is 25.3 Å². The second-order valence-corrected chi connectivity index (χ2v) is 3.97. The van der Waals surface area contributed by atoms with Crippen LogP contribution in [0.4, 0.5) is 4.39 Å². The molecule has 3 rings (SSSR count). The van der Waals surface area contributed by atoms with Crippen LogP contribution in [-0.4, -0.2) is 19.7 Å². The van der Waals surface area contributed by atoms with Gasteiger partial charge in [0.2, 0.25) is 0 Å². The second-order valence-electron chi connectivity index (χ2n) is 3.97. The molecule has 0 atom stereocenters. The molecule has 20 heavy (non-hydrogen) atoms. The van der Waals surface area contributed by atoms with Crippen molar-refractivity contribution in [1.29, 1.82) is 0 Å². The molecule has 0 aliphatic heterocycles. The van der Waals surface area contributed by atoms with Crippen LogP contribution in [-0.2, 0) is 6.54 Å². The summed E-state index contributed by atoms with van der Waals surface area (Å²) >= 11 is 0. The van der Waals surface area contributed by atoms with Gasteiger partial charge in [-0.1, -0.05) is 26.0 Å². The molecule has 0 aliphatic carbocycles. The summed E-state index contributed by atoms with van der Waals surface area (Å²) in [6.07, 6.45) is 3.40. The fraction of sp³-hybridized carbons (Fsp3) is 0.267. The smallest absolute Gasteiger partial charge is 0.183 e. The van der Waals surface area contributed by atoms with Gasteiger partial charge in [0.25, 0.3) is 0 Å². The molecule has 0 bridgehead atoms. The highest BCUT2D eigenvalue weighted by molar-refractivity contribution is 5.88. The first kappa shape index (κ1) is 14.1. The molecule has 0 N–H and O–H groups in total. The van der Waals surface area contributed by atoms with Crippen LogP contribution in [0.3, 0.4) is 0 Å². The van der Waals surface area contributed by atoms with Gasteiger partial charge in [-0.15, -0.1) is 5.10 Å². The Balaban J connectivity index is 0.000000704. The summed E-state index contributed by atoms with van der Waals surface area (Å²) < 4.78 is 14.9. The third kappa shape index (κ3) is 2.52. The molecule has 0 amide bonds. The van der Waals surface area contributed by atoms with Gasteiger partial charge in [-0.05, 0) is 24.6 Å². The molecule has 0 aliphatic rings. The van der Waals surface area contributed by atoms with E-state index in [-0.39, 0.29) is 5.82 Å². The Bertz CT molecular complexity index is 689. The third-order valence-corrected chi connectivity index (χ3v) is 2.90. The molecule has 5 heteroatoms. The molecule has 104 valence electrons. The number of hydrogen-bond acceptors (Lipinski definition) is 3. The lowest BCUT2D eigenvalue weighted by Crippen LogP contribution is -1.95. The third-order valence-electron chi connectivity index (χ3n) is 2.90. The van der Waals surface area contributed by atoms with E-state index < -0.39 is 0 Å². The molecule has 0 spiro atoms. The molecule has 4 nitrogen and oxygen atoms in total. The van der Waals surface area contributed by atoms with Crippen molar-refractivity contribution < 1.29 is 4.39 Å². The number of nitrogens with zero attached hydrogens (tertiary/aromatic N) is 4. The summed E-state index contributed by atoms with van der Waals surface area (Å²) in [6.45, 7) is 6.81. The largest absolute Gasteiger partial charge is 0.314 e. The van der Waals surface area contributed by atoms with Crippen LogP contribution < -0.4 is 0 Å². The highest BCUT2D eigenvalue weighted by Gasteiger charge is 2.10. The fourth-order valence-corrected chi connectivity index (χ4v) is 1.95. The van der Waals surface area contributed by atoms with Crippen LogP contribution in [0.15, 0.2) is 36.8 Å². The summed E-state index contributed by atoms with van der Waals surface area (Å²) in [7, 11) is 0. The zero-order valence-electron chi connectivity index (χ0n) is 11.8. The zero-order valence-corrected chi connectivity index (χ0v) is 11.8. The lowest BCUT2D eigenvalue weighted by Gasteiger charge is -2.02.